The first kappa shape index (κ1) is 14.4. The van der Waals surface area contributed by atoms with Gasteiger partial charge in [-0.2, -0.15) is 0 Å². The summed E-state index contributed by atoms with van der Waals surface area (Å²) in [6.45, 7) is 4.96. The number of hydrogen-bond acceptors (Lipinski definition) is 3. The standard InChI is InChI=1S/C15H19NO4/c1-10(2)20-13-6-4-5-12-14(13)11(15(17)18)9-16(12)7-8-19-3/h4-6,9-10H,7-8H2,1-3H3,(H,17,18). The molecule has 2 rings (SSSR count). The maximum Gasteiger partial charge on any atom is 0.338 e. The molecular weight excluding hydrogens is 258 g/mol. The molecule has 5 heteroatoms. The first-order valence-electron chi connectivity index (χ1n) is 6.55. The van der Waals surface area contributed by atoms with E-state index >= 15 is 0 Å². The van der Waals surface area contributed by atoms with Gasteiger partial charge in [-0.3, -0.25) is 0 Å². The number of benzene rings is 1. The van der Waals surface area contributed by atoms with Crippen molar-refractivity contribution in [3.63, 3.8) is 0 Å². The maximum absolute atomic E-state index is 11.4. The molecule has 0 aliphatic carbocycles. The number of carbonyl (C=O) groups is 1. The fourth-order valence-corrected chi connectivity index (χ4v) is 2.21. The zero-order valence-corrected chi connectivity index (χ0v) is 11.9. The minimum atomic E-state index is -0.953. The smallest absolute Gasteiger partial charge is 0.338 e. The van der Waals surface area contributed by atoms with Gasteiger partial charge in [0, 0.05) is 19.9 Å². The van der Waals surface area contributed by atoms with E-state index < -0.39 is 5.97 Å². The molecule has 1 N–H and O–H groups in total. The minimum Gasteiger partial charge on any atom is -0.490 e. The zero-order chi connectivity index (χ0) is 14.7. The Morgan fingerprint density at radius 1 is 1.40 bits per heavy atom. The molecule has 1 aromatic carbocycles. The third kappa shape index (κ3) is 2.77. The highest BCUT2D eigenvalue weighted by molar-refractivity contribution is 6.06. The molecule has 0 fully saturated rings. The number of aromatic carboxylic acids is 1. The van der Waals surface area contributed by atoms with Gasteiger partial charge in [-0.05, 0) is 26.0 Å². The SMILES string of the molecule is COCCn1cc(C(=O)O)c2c(OC(C)C)cccc21. The number of ether oxygens (including phenoxy) is 2. The van der Waals surface area contributed by atoms with Crippen molar-refractivity contribution in [2.24, 2.45) is 0 Å². The maximum atomic E-state index is 11.4. The van der Waals surface area contributed by atoms with Gasteiger partial charge in [-0.15, -0.1) is 0 Å². The topological polar surface area (TPSA) is 60.7 Å². The minimum absolute atomic E-state index is 0.00966. The second-order valence-corrected chi connectivity index (χ2v) is 4.85. The number of methoxy groups -OCH3 is 1. The van der Waals surface area contributed by atoms with Crippen LogP contribution in [0.5, 0.6) is 5.75 Å². The van der Waals surface area contributed by atoms with Gasteiger partial charge < -0.3 is 19.1 Å². The summed E-state index contributed by atoms with van der Waals surface area (Å²) in [7, 11) is 1.62. The molecule has 2 aromatic rings. The molecule has 108 valence electrons. The van der Waals surface area contributed by atoms with E-state index in [0.29, 0.717) is 24.3 Å². The Bertz CT molecular complexity index is 616. The van der Waals surface area contributed by atoms with Crippen molar-refractivity contribution in [3.05, 3.63) is 30.0 Å². The molecule has 0 saturated heterocycles. The van der Waals surface area contributed by atoms with E-state index in [-0.39, 0.29) is 11.7 Å². The van der Waals surface area contributed by atoms with E-state index in [0.717, 1.165) is 5.52 Å². The van der Waals surface area contributed by atoms with Crippen LogP contribution in [0.1, 0.15) is 24.2 Å². The first-order chi connectivity index (χ1) is 9.54. The van der Waals surface area contributed by atoms with Crippen molar-refractivity contribution in [2.75, 3.05) is 13.7 Å². The highest BCUT2D eigenvalue weighted by Crippen LogP contribution is 2.31. The second-order valence-electron chi connectivity index (χ2n) is 4.85. The van der Waals surface area contributed by atoms with Crippen LogP contribution in [-0.4, -0.2) is 35.5 Å². The van der Waals surface area contributed by atoms with Crippen LogP contribution in [0.4, 0.5) is 0 Å². The van der Waals surface area contributed by atoms with E-state index in [1.807, 2.05) is 30.5 Å². The van der Waals surface area contributed by atoms with Crippen molar-refractivity contribution in [3.8, 4) is 5.75 Å². The van der Waals surface area contributed by atoms with Gasteiger partial charge in [-0.1, -0.05) is 6.07 Å². The van der Waals surface area contributed by atoms with Crippen LogP contribution >= 0.6 is 0 Å². The van der Waals surface area contributed by atoms with Gasteiger partial charge in [0.1, 0.15) is 5.75 Å². The lowest BCUT2D eigenvalue weighted by atomic mass is 10.1. The summed E-state index contributed by atoms with van der Waals surface area (Å²) in [5.74, 6) is -0.350. The van der Waals surface area contributed by atoms with E-state index in [1.54, 1.807) is 19.4 Å². The molecule has 0 unspecified atom stereocenters. The van der Waals surface area contributed by atoms with E-state index in [9.17, 15) is 9.90 Å². The number of carboxylic acid groups (broad SMARTS) is 1. The molecule has 0 amide bonds. The Kier molecular flexibility index (Phi) is 4.29. The van der Waals surface area contributed by atoms with E-state index in [2.05, 4.69) is 0 Å². The number of hydrogen-bond donors (Lipinski definition) is 1. The summed E-state index contributed by atoms with van der Waals surface area (Å²) in [5.41, 5.74) is 1.10. The molecule has 0 bridgehead atoms. The summed E-state index contributed by atoms with van der Waals surface area (Å²) in [6.07, 6.45) is 1.63. The van der Waals surface area contributed by atoms with Crippen LogP contribution in [0.3, 0.4) is 0 Å². The fourth-order valence-electron chi connectivity index (χ4n) is 2.21. The van der Waals surface area contributed by atoms with Crippen molar-refractivity contribution in [1.29, 1.82) is 0 Å². The normalized spacial score (nSPS) is 11.2. The summed E-state index contributed by atoms with van der Waals surface area (Å²) < 4.78 is 12.7. The predicted molar refractivity (Wildman–Crippen MR) is 76.5 cm³/mol. The third-order valence-corrected chi connectivity index (χ3v) is 3.00. The Hall–Kier alpha value is -2.01. The predicted octanol–water partition coefficient (Wildman–Crippen LogP) is 2.77. The largest absolute Gasteiger partial charge is 0.490 e. The van der Waals surface area contributed by atoms with Crippen LogP contribution in [0.15, 0.2) is 24.4 Å². The summed E-state index contributed by atoms with van der Waals surface area (Å²) in [5, 5.41) is 10.0. The highest BCUT2D eigenvalue weighted by Gasteiger charge is 2.18. The summed E-state index contributed by atoms with van der Waals surface area (Å²) in [4.78, 5) is 11.4. The van der Waals surface area contributed by atoms with Gasteiger partial charge in [0.25, 0.3) is 0 Å². The molecule has 1 heterocycles. The van der Waals surface area contributed by atoms with Crippen LogP contribution in [0.25, 0.3) is 10.9 Å². The number of aromatic nitrogens is 1. The lowest BCUT2D eigenvalue weighted by Crippen LogP contribution is -2.06. The quantitative estimate of drug-likeness (QED) is 0.882. The summed E-state index contributed by atoms with van der Waals surface area (Å²) >= 11 is 0. The molecule has 1 aromatic heterocycles. The summed E-state index contributed by atoms with van der Waals surface area (Å²) in [6, 6.07) is 5.56. The number of rotatable bonds is 6. The van der Waals surface area contributed by atoms with Crippen LogP contribution in [0.2, 0.25) is 0 Å². The van der Waals surface area contributed by atoms with Crippen LogP contribution in [-0.2, 0) is 11.3 Å². The zero-order valence-electron chi connectivity index (χ0n) is 11.9. The van der Waals surface area contributed by atoms with Crippen molar-refractivity contribution < 1.29 is 19.4 Å². The average Bonchev–Trinajstić information content (AvgIpc) is 2.76. The van der Waals surface area contributed by atoms with Gasteiger partial charge >= 0.3 is 5.97 Å². The van der Waals surface area contributed by atoms with Gasteiger partial charge in [0.05, 0.1) is 29.2 Å². The average molecular weight is 277 g/mol. The Labute approximate surface area is 117 Å². The fraction of sp³-hybridized carbons (Fsp3) is 0.400. The Morgan fingerprint density at radius 3 is 2.75 bits per heavy atom. The molecule has 0 aliphatic rings. The van der Waals surface area contributed by atoms with E-state index in [1.165, 1.54) is 0 Å². The lowest BCUT2D eigenvalue weighted by Gasteiger charge is -2.12. The van der Waals surface area contributed by atoms with Crippen LogP contribution in [0, 0.1) is 0 Å². The van der Waals surface area contributed by atoms with Gasteiger partial charge in [0.2, 0.25) is 0 Å². The lowest BCUT2D eigenvalue weighted by molar-refractivity contribution is 0.0698. The molecule has 0 atom stereocenters. The molecule has 5 nitrogen and oxygen atoms in total. The van der Waals surface area contributed by atoms with Crippen molar-refractivity contribution in [2.45, 2.75) is 26.5 Å². The number of nitrogens with zero attached hydrogens (tertiary/aromatic N) is 1. The van der Waals surface area contributed by atoms with Crippen molar-refractivity contribution >= 4 is 16.9 Å². The van der Waals surface area contributed by atoms with Gasteiger partial charge in [-0.25, -0.2) is 4.79 Å². The molecule has 0 aliphatic heterocycles. The number of fused-ring (bicyclic) bond motifs is 1. The Morgan fingerprint density at radius 2 is 2.15 bits per heavy atom. The van der Waals surface area contributed by atoms with Gasteiger partial charge in [0.15, 0.2) is 0 Å². The monoisotopic (exact) mass is 277 g/mol. The van der Waals surface area contributed by atoms with Crippen LogP contribution < -0.4 is 4.74 Å². The van der Waals surface area contributed by atoms with Crippen molar-refractivity contribution in [1.82, 2.24) is 4.57 Å². The molecule has 0 radical (unpaired) electrons. The number of carboxylic acids is 1. The third-order valence-electron chi connectivity index (χ3n) is 3.00. The second kappa shape index (κ2) is 5.96. The molecule has 0 spiro atoms. The molecule has 0 saturated carbocycles. The first-order valence-corrected chi connectivity index (χ1v) is 6.55. The van der Waals surface area contributed by atoms with E-state index in [4.69, 9.17) is 9.47 Å². The molecule has 20 heavy (non-hydrogen) atoms. The Balaban J connectivity index is 2.59. The highest BCUT2D eigenvalue weighted by atomic mass is 16.5. The molecular formula is C15H19NO4.